The van der Waals surface area contributed by atoms with Crippen LogP contribution in [0.3, 0.4) is 0 Å². The number of hydrogen-bond acceptors (Lipinski definition) is 5. The average molecular weight is 404 g/mol. The van der Waals surface area contributed by atoms with Crippen LogP contribution in [0.4, 0.5) is 5.69 Å². The van der Waals surface area contributed by atoms with E-state index in [1.807, 2.05) is 0 Å². The van der Waals surface area contributed by atoms with Crippen molar-refractivity contribution in [3.63, 3.8) is 0 Å². The van der Waals surface area contributed by atoms with E-state index in [-0.39, 0.29) is 11.4 Å². The molecule has 0 aliphatic heterocycles. The maximum atomic E-state index is 12.1. The van der Waals surface area contributed by atoms with E-state index in [4.69, 9.17) is 23.2 Å². The van der Waals surface area contributed by atoms with E-state index >= 15 is 0 Å². The van der Waals surface area contributed by atoms with Crippen LogP contribution < -0.4 is 5.43 Å². The minimum Gasteiger partial charge on any atom is -0.272 e. The Kier molecular flexibility index (Phi) is 5.49. The van der Waals surface area contributed by atoms with Crippen molar-refractivity contribution >= 4 is 41.0 Å². The highest BCUT2D eigenvalue weighted by atomic mass is 35.5. The number of nitro benzene ring substituents is 1. The van der Waals surface area contributed by atoms with Crippen LogP contribution >= 0.6 is 23.2 Å². The number of halogens is 2. The van der Waals surface area contributed by atoms with Crippen LogP contribution in [0.5, 0.6) is 0 Å². The van der Waals surface area contributed by atoms with Crippen molar-refractivity contribution in [3.05, 3.63) is 79.9 Å². The number of nitro groups is 1. The number of aromatic nitrogens is 2. The van der Waals surface area contributed by atoms with Crippen LogP contribution in [0, 0.1) is 10.1 Å². The average Bonchev–Trinajstić information content (AvgIpc) is 3.14. The fraction of sp³-hybridized carbons (Fsp3) is 0. The van der Waals surface area contributed by atoms with E-state index in [9.17, 15) is 14.9 Å². The SMILES string of the molecule is O=C(NN=Cc1ccc([N+](=O)[O-])cc1)c1cc(-c2ccc(Cl)c(Cl)c2)n[nH]1. The third-order valence-electron chi connectivity index (χ3n) is 3.52. The Morgan fingerprint density at radius 1 is 1.15 bits per heavy atom. The molecule has 136 valence electrons. The number of nitrogens with zero attached hydrogens (tertiary/aromatic N) is 3. The van der Waals surface area contributed by atoms with Gasteiger partial charge in [0, 0.05) is 17.7 Å². The molecule has 3 rings (SSSR count). The maximum absolute atomic E-state index is 12.1. The van der Waals surface area contributed by atoms with E-state index in [1.165, 1.54) is 30.5 Å². The van der Waals surface area contributed by atoms with Gasteiger partial charge < -0.3 is 0 Å². The number of H-pyrrole nitrogens is 1. The van der Waals surface area contributed by atoms with Gasteiger partial charge in [-0.15, -0.1) is 0 Å². The summed E-state index contributed by atoms with van der Waals surface area (Å²) in [7, 11) is 0. The number of hydrazone groups is 1. The lowest BCUT2D eigenvalue weighted by Crippen LogP contribution is -2.17. The molecular formula is C17H11Cl2N5O3. The van der Waals surface area contributed by atoms with Crippen molar-refractivity contribution < 1.29 is 9.72 Å². The standard InChI is InChI=1S/C17H11Cl2N5O3/c18-13-6-3-11(7-14(13)19)15-8-16(22-21-15)17(25)23-20-9-10-1-4-12(5-2-10)24(26)27/h1-9H,(H,21,22)(H,23,25). The predicted molar refractivity (Wildman–Crippen MR) is 102 cm³/mol. The molecule has 0 spiro atoms. The topological polar surface area (TPSA) is 113 Å². The van der Waals surface area contributed by atoms with Gasteiger partial charge in [0.2, 0.25) is 0 Å². The van der Waals surface area contributed by atoms with Gasteiger partial charge in [-0.2, -0.15) is 10.2 Å². The summed E-state index contributed by atoms with van der Waals surface area (Å²) in [4.78, 5) is 22.2. The monoisotopic (exact) mass is 403 g/mol. The zero-order valence-electron chi connectivity index (χ0n) is 13.5. The van der Waals surface area contributed by atoms with Gasteiger partial charge in [-0.3, -0.25) is 20.0 Å². The Morgan fingerprint density at radius 2 is 1.89 bits per heavy atom. The molecule has 0 saturated carbocycles. The number of non-ortho nitro benzene ring substituents is 1. The molecule has 3 aromatic rings. The predicted octanol–water partition coefficient (Wildman–Crippen LogP) is 4.06. The van der Waals surface area contributed by atoms with Crippen LogP contribution in [0.2, 0.25) is 10.0 Å². The fourth-order valence-electron chi connectivity index (χ4n) is 2.15. The molecule has 0 aliphatic carbocycles. The first-order valence-electron chi connectivity index (χ1n) is 7.53. The van der Waals surface area contributed by atoms with Gasteiger partial charge >= 0.3 is 0 Å². The second kappa shape index (κ2) is 7.98. The molecule has 0 radical (unpaired) electrons. The third kappa shape index (κ3) is 4.49. The molecular weight excluding hydrogens is 393 g/mol. The van der Waals surface area contributed by atoms with Crippen molar-refractivity contribution in [1.82, 2.24) is 15.6 Å². The maximum Gasteiger partial charge on any atom is 0.289 e. The van der Waals surface area contributed by atoms with Crippen molar-refractivity contribution in [2.45, 2.75) is 0 Å². The molecule has 27 heavy (non-hydrogen) atoms. The molecule has 1 amide bonds. The Balaban J connectivity index is 1.65. The molecule has 1 aromatic heterocycles. The van der Waals surface area contributed by atoms with Crippen LogP contribution in [0.15, 0.2) is 53.6 Å². The summed E-state index contributed by atoms with van der Waals surface area (Å²) in [5, 5.41) is 21.9. The quantitative estimate of drug-likeness (QED) is 0.379. The van der Waals surface area contributed by atoms with Crippen LogP contribution in [-0.4, -0.2) is 27.2 Å². The number of carbonyl (C=O) groups excluding carboxylic acids is 1. The Labute approximate surface area is 163 Å². The second-order valence-corrected chi connectivity index (χ2v) is 6.16. The molecule has 0 saturated heterocycles. The molecule has 0 atom stereocenters. The molecule has 2 N–H and O–H groups in total. The van der Waals surface area contributed by atoms with Crippen LogP contribution in [-0.2, 0) is 0 Å². The van der Waals surface area contributed by atoms with E-state index < -0.39 is 10.8 Å². The first-order chi connectivity index (χ1) is 12.9. The Bertz CT molecular complexity index is 1030. The van der Waals surface area contributed by atoms with Gasteiger partial charge in [0.05, 0.1) is 26.9 Å². The van der Waals surface area contributed by atoms with E-state index in [0.717, 1.165) is 0 Å². The molecule has 10 heteroatoms. The Morgan fingerprint density at radius 3 is 2.56 bits per heavy atom. The highest BCUT2D eigenvalue weighted by Crippen LogP contribution is 2.27. The lowest BCUT2D eigenvalue weighted by atomic mass is 10.1. The molecule has 0 bridgehead atoms. The summed E-state index contributed by atoms with van der Waals surface area (Å²) in [6.07, 6.45) is 1.37. The highest BCUT2D eigenvalue weighted by Gasteiger charge is 2.11. The van der Waals surface area contributed by atoms with Crippen LogP contribution in [0.1, 0.15) is 16.1 Å². The fourth-order valence-corrected chi connectivity index (χ4v) is 2.45. The zero-order chi connectivity index (χ0) is 19.4. The smallest absolute Gasteiger partial charge is 0.272 e. The number of nitrogens with one attached hydrogen (secondary N) is 2. The first kappa shape index (κ1) is 18.6. The van der Waals surface area contributed by atoms with Gasteiger partial charge in [-0.25, -0.2) is 5.43 Å². The lowest BCUT2D eigenvalue weighted by Gasteiger charge is -1.99. The summed E-state index contributed by atoms with van der Waals surface area (Å²) in [6, 6.07) is 12.3. The largest absolute Gasteiger partial charge is 0.289 e. The van der Waals surface area contributed by atoms with Gasteiger partial charge in [-0.1, -0.05) is 29.3 Å². The van der Waals surface area contributed by atoms with Gasteiger partial charge in [0.15, 0.2) is 0 Å². The zero-order valence-corrected chi connectivity index (χ0v) is 15.0. The van der Waals surface area contributed by atoms with Crippen molar-refractivity contribution in [3.8, 4) is 11.3 Å². The number of carbonyl (C=O) groups is 1. The van der Waals surface area contributed by atoms with Crippen LogP contribution in [0.25, 0.3) is 11.3 Å². The van der Waals surface area contributed by atoms with E-state index in [0.29, 0.717) is 26.9 Å². The van der Waals surface area contributed by atoms with Crippen molar-refractivity contribution in [2.75, 3.05) is 0 Å². The summed E-state index contributed by atoms with van der Waals surface area (Å²) in [5.41, 5.74) is 4.36. The summed E-state index contributed by atoms with van der Waals surface area (Å²) < 4.78 is 0. The molecule has 2 aromatic carbocycles. The number of aromatic amines is 1. The molecule has 0 unspecified atom stereocenters. The van der Waals surface area contributed by atoms with Gasteiger partial charge in [0.1, 0.15) is 5.69 Å². The minimum absolute atomic E-state index is 0.0246. The van der Waals surface area contributed by atoms with E-state index in [1.54, 1.807) is 24.3 Å². The number of rotatable bonds is 5. The molecule has 8 nitrogen and oxygen atoms in total. The van der Waals surface area contributed by atoms with Gasteiger partial charge in [0.25, 0.3) is 11.6 Å². The number of amides is 1. The number of benzene rings is 2. The van der Waals surface area contributed by atoms with Crippen molar-refractivity contribution in [2.24, 2.45) is 5.10 Å². The van der Waals surface area contributed by atoms with E-state index in [2.05, 4.69) is 20.7 Å². The molecule has 0 fully saturated rings. The highest BCUT2D eigenvalue weighted by molar-refractivity contribution is 6.42. The molecule has 1 heterocycles. The molecule has 0 aliphatic rings. The van der Waals surface area contributed by atoms with Gasteiger partial charge in [-0.05, 0) is 35.9 Å². The first-order valence-corrected chi connectivity index (χ1v) is 8.28. The Hall–Kier alpha value is -3.23. The normalized spacial score (nSPS) is 10.9. The number of hydrogen-bond donors (Lipinski definition) is 2. The second-order valence-electron chi connectivity index (χ2n) is 5.34. The van der Waals surface area contributed by atoms with Crippen molar-refractivity contribution in [1.29, 1.82) is 0 Å². The minimum atomic E-state index is -0.494. The summed E-state index contributed by atoms with van der Waals surface area (Å²) >= 11 is 11.9. The third-order valence-corrected chi connectivity index (χ3v) is 4.26. The summed E-state index contributed by atoms with van der Waals surface area (Å²) in [6.45, 7) is 0. The lowest BCUT2D eigenvalue weighted by molar-refractivity contribution is -0.384. The summed E-state index contributed by atoms with van der Waals surface area (Å²) in [5.74, 6) is -0.494.